The van der Waals surface area contributed by atoms with E-state index < -0.39 is 28.5 Å². The Morgan fingerprint density at radius 2 is 1.88 bits per heavy atom. The van der Waals surface area contributed by atoms with Gasteiger partial charge >= 0.3 is 12.1 Å². The fourth-order valence-electron chi connectivity index (χ4n) is 2.99. The molecule has 0 aliphatic heterocycles. The average molecular weight is 387 g/mol. The molecule has 1 aliphatic rings. The molecule has 0 spiro atoms. The summed E-state index contributed by atoms with van der Waals surface area (Å²) in [5.74, 6) is -0.960. The molecule has 0 saturated heterocycles. The van der Waals surface area contributed by atoms with Gasteiger partial charge in [-0.15, -0.1) is 0 Å². The van der Waals surface area contributed by atoms with Gasteiger partial charge in [-0.3, -0.25) is 0 Å². The van der Waals surface area contributed by atoms with Gasteiger partial charge in [0.25, 0.3) is 0 Å². The number of carbonyl (C=O) groups excluding carboxylic acids is 1. The molecular formula is C19H15ClF4O2. The minimum Gasteiger partial charge on any atom is -0.465 e. The van der Waals surface area contributed by atoms with Gasteiger partial charge in [0, 0.05) is 0 Å². The molecule has 0 amide bonds. The highest BCUT2D eigenvalue weighted by Gasteiger charge is 2.35. The first-order valence-corrected chi connectivity index (χ1v) is 8.34. The summed E-state index contributed by atoms with van der Waals surface area (Å²) in [4.78, 5) is 12.0. The fourth-order valence-corrected chi connectivity index (χ4v) is 3.26. The predicted octanol–water partition coefficient (Wildman–Crippen LogP) is 5.75. The van der Waals surface area contributed by atoms with Crippen LogP contribution in [0.5, 0.6) is 0 Å². The molecule has 138 valence electrons. The maximum absolute atomic E-state index is 13.6. The zero-order chi connectivity index (χ0) is 19.1. The quantitative estimate of drug-likeness (QED) is 0.494. The van der Waals surface area contributed by atoms with Crippen molar-refractivity contribution >= 4 is 17.6 Å². The van der Waals surface area contributed by atoms with Crippen molar-refractivity contribution in [2.45, 2.75) is 31.4 Å². The lowest BCUT2D eigenvalue weighted by Gasteiger charge is -2.16. The van der Waals surface area contributed by atoms with Gasteiger partial charge in [-0.2, -0.15) is 13.2 Å². The molecule has 0 bridgehead atoms. The van der Waals surface area contributed by atoms with Crippen molar-refractivity contribution in [3.8, 4) is 0 Å². The van der Waals surface area contributed by atoms with Crippen LogP contribution >= 0.6 is 11.6 Å². The molecule has 2 aromatic rings. The third-order valence-electron chi connectivity index (χ3n) is 4.41. The summed E-state index contributed by atoms with van der Waals surface area (Å²) in [5.41, 5.74) is 0.550. The molecule has 0 heterocycles. The number of benzene rings is 2. The highest BCUT2D eigenvalue weighted by atomic mass is 35.5. The van der Waals surface area contributed by atoms with E-state index in [1.807, 2.05) is 0 Å². The molecule has 0 N–H and O–H groups in total. The number of ether oxygens (including phenoxy) is 1. The van der Waals surface area contributed by atoms with Crippen molar-refractivity contribution in [1.29, 1.82) is 0 Å². The molecule has 1 saturated carbocycles. The van der Waals surface area contributed by atoms with Gasteiger partial charge in [0.15, 0.2) is 0 Å². The number of alkyl halides is 3. The Morgan fingerprint density at radius 1 is 1.19 bits per heavy atom. The van der Waals surface area contributed by atoms with Crippen LogP contribution in [0.3, 0.4) is 0 Å². The van der Waals surface area contributed by atoms with Gasteiger partial charge in [0.1, 0.15) is 5.82 Å². The van der Waals surface area contributed by atoms with Crippen LogP contribution in [-0.4, -0.2) is 13.1 Å². The van der Waals surface area contributed by atoms with Crippen molar-refractivity contribution < 1.29 is 27.1 Å². The topological polar surface area (TPSA) is 26.3 Å². The number of esters is 1. The summed E-state index contributed by atoms with van der Waals surface area (Å²) >= 11 is 5.73. The molecule has 0 aromatic heterocycles. The van der Waals surface area contributed by atoms with Crippen molar-refractivity contribution in [1.82, 2.24) is 0 Å². The van der Waals surface area contributed by atoms with Crippen molar-refractivity contribution in [2.75, 3.05) is 7.11 Å². The van der Waals surface area contributed by atoms with Crippen LogP contribution in [0.25, 0.3) is 0 Å². The molecule has 3 rings (SSSR count). The molecule has 0 unspecified atom stereocenters. The lowest BCUT2D eigenvalue weighted by Crippen LogP contribution is -2.12. The summed E-state index contributed by atoms with van der Waals surface area (Å²) < 4.78 is 57.8. The van der Waals surface area contributed by atoms with Crippen LogP contribution in [0, 0.1) is 5.82 Å². The maximum atomic E-state index is 13.6. The van der Waals surface area contributed by atoms with Gasteiger partial charge in [0.05, 0.1) is 23.3 Å². The molecule has 0 atom stereocenters. The van der Waals surface area contributed by atoms with E-state index in [0.29, 0.717) is 5.56 Å². The van der Waals surface area contributed by atoms with Crippen molar-refractivity contribution in [2.24, 2.45) is 0 Å². The SMILES string of the molecule is COC(=O)c1cc(Cl)c(C(F)(F)F)cc1Cc1ccc(F)cc1C1CC1. The Morgan fingerprint density at radius 3 is 2.46 bits per heavy atom. The van der Waals surface area contributed by atoms with Gasteiger partial charge in [-0.1, -0.05) is 17.7 Å². The van der Waals surface area contributed by atoms with Crippen LogP contribution in [0.2, 0.25) is 5.02 Å². The first-order chi connectivity index (χ1) is 12.2. The standard InChI is InChI=1S/C19H15ClF4O2/c1-26-18(25)15-9-17(20)16(19(22,23)24)7-12(15)6-11-4-5-13(21)8-14(11)10-2-3-10/h4-5,7-10H,2-3,6H2,1H3. The molecule has 0 radical (unpaired) electrons. The van der Waals surface area contributed by atoms with E-state index in [0.717, 1.165) is 37.6 Å². The van der Waals surface area contributed by atoms with E-state index >= 15 is 0 Å². The first-order valence-electron chi connectivity index (χ1n) is 7.97. The Balaban J connectivity index is 2.10. The Kier molecular flexibility index (Phi) is 4.97. The Bertz CT molecular complexity index is 857. The Labute approximate surface area is 152 Å². The molecular weight excluding hydrogens is 372 g/mol. The van der Waals surface area contributed by atoms with Gasteiger partial charge in [-0.05, 0) is 66.1 Å². The van der Waals surface area contributed by atoms with E-state index in [2.05, 4.69) is 4.74 Å². The van der Waals surface area contributed by atoms with Crippen molar-refractivity contribution in [3.05, 3.63) is 69.0 Å². The minimum atomic E-state index is -4.65. The highest BCUT2D eigenvalue weighted by molar-refractivity contribution is 6.31. The number of halogens is 5. The zero-order valence-corrected chi connectivity index (χ0v) is 14.5. The summed E-state index contributed by atoms with van der Waals surface area (Å²) in [6.45, 7) is 0. The number of hydrogen-bond donors (Lipinski definition) is 0. The maximum Gasteiger partial charge on any atom is 0.417 e. The molecule has 7 heteroatoms. The molecule has 2 aromatic carbocycles. The highest BCUT2D eigenvalue weighted by Crippen LogP contribution is 2.43. The second-order valence-electron chi connectivity index (χ2n) is 6.27. The third kappa shape index (κ3) is 3.85. The first kappa shape index (κ1) is 18.7. The summed E-state index contributed by atoms with van der Waals surface area (Å²) in [6.07, 6.45) is -2.77. The molecule has 2 nitrogen and oxygen atoms in total. The Hall–Kier alpha value is -2.08. The summed E-state index contributed by atoms with van der Waals surface area (Å²) in [5, 5.41) is -0.567. The minimum absolute atomic E-state index is 0.0310. The van der Waals surface area contributed by atoms with Crippen LogP contribution in [0.4, 0.5) is 17.6 Å². The number of rotatable bonds is 4. The van der Waals surface area contributed by atoms with Gasteiger partial charge in [-0.25, -0.2) is 9.18 Å². The predicted molar refractivity (Wildman–Crippen MR) is 89.0 cm³/mol. The van der Waals surface area contributed by atoms with E-state index in [4.69, 9.17) is 11.6 Å². The lowest BCUT2D eigenvalue weighted by molar-refractivity contribution is -0.137. The number of carbonyl (C=O) groups is 1. The number of hydrogen-bond acceptors (Lipinski definition) is 2. The number of methoxy groups -OCH3 is 1. The third-order valence-corrected chi connectivity index (χ3v) is 4.72. The smallest absolute Gasteiger partial charge is 0.417 e. The lowest BCUT2D eigenvalue weighted by atomic mass is 9.93. The van der Waals surface area contributed by atoms with E-state index in [1.165, 1.54) is 12.1 Å². The van der Waals surface area contributed by atoms with Crippen LogP contribution in [0.15, 0.2) is 30.3 Å². The second kappa shape index (κ2) is 6.91. The van der Waals surface area contributed by atoms with Crippen LogP contribution in [-0.2, 0) is 17.3 Å². The van der Waals surface area contributed by atoms with Crippen LogP contribution in [0.1, 0.15) is 51.4 Å². The van der Waals surface area contributed by atoms with Crippen LogP contribution < -0.4 is 0 Å². The van der Waals surface area contributed by atoms with Gasteiger partial charge in [0.2, 0.25) is 0 Å². The summed E-state index contributed by atoms with van der Waals surface area (Å²) in [6, 6.07) is 6.07. The fraction of sp³-hybridized carbons (Fsp3) is 0.316. The van der Waals surface area contributed by atoms with E-state index in [-0.39, 0.29) is 23.5 Å². The molecule has 1 fully saturated rings. The molecule has 26 heavy (non-hydrogen) atoms. The normalized spacial score (nSPS) is 14.4. The van der Waals surface area contributed by atoms with Gasteiger partial charge < -0.3 is 4.74 Å². The average Bonchev–Trinajstić information content (AvgIpc) is 3.40. The monoisotopic (exact) mass is 386 g/mol. The zero-order valence-electron chi connectivity index (χ0n) is 13.8. The largest absolute Gasteiger partial charge is 0.465 e. The van der Waals surface area contributed by atoms with Crippen molar-refractivity contribution in [3.63, 3.8) is 0 Å². The second-order valence-corrected chi connectivity index (χ2v) is 6.68. The molecule has 1 aliphatic carbocycles. The summed E-state index contributed by atoms with van der Waals surface area (Å²) in [7, 11) is 1.14. The van der Waals surface area contributed by atoms with E-state index in [9.17, 15) is 22.4 Å². The van der Waals surface area contributed by atoms with E-state index in [1.54, 1.807) is 6.07 Å².